The molecule has 4 aromatic rings. The Morgan fingerprint density at radius 1 is 0.947 bits per heavy atom. The van der Waals surface area contributed by atoms with E-state index in [2.05, 4.69) is 12.1 Å². The van der Waals surface area contributed by atoms with Crippen LogP contribution in [0.5, 0.6) is 23.0 Å². The van der Waals surface area contributed by atoms with Crippen molar-refractivity contribution in [3.63, 3.8) is 0 Å². The topological polar surface area (TPSA) is 77.8 Å². The molecule has 4 aromatic carbocycles. The van der Waals surface area contributed by atoms with Gasteiger partial charge in [0.25, 0.3) is 0 Å². The van der Waals surface area contributed by atoms with Crippen molar-refractivity contribution in [3.8, 4) is 40.2 Å². The first-order valence-electron chi connectivity index (χ1n) is 12.1. The summed E-state index contributed by atoms with van der Waals surface area (Å²) in [5.74, 6) is 2.13. The van der Waals surface area contributed by atoms with E-state index >= 15 is 0 Å². The van der Waals surface area contributed by atoms with Crippen LogP contribution >= 0.6 is 11.6 Å². The quantitative estimate of drug-likeness (QED) is 0.232. The van der Waals surface area contributed by atoms with Crippen molar-refractivity contribution in [2.45, 2.75) is 20.1 Å². The Balaban J connectivity index is 1.35. The van der Waals surface area contributed by atoms with Gasteiger partial charge in [-0.1, -0.05) is 48.0 Å². The molecule has 0 unspecified atom stereocenters. The minimum absolute atomic E-state index is 0.149. The van der Waals surface area contributed by atoms with Gasteiger partial charge in [0.2, 0.25) is 0 Å². The molecule has 0 atom stereocenters. The highest BCUT2D eigenvalue weighted by Gasteiger charge is 2.17. The molecular weight excluding hydrogens is 502 g/mol. The number of nitriles is 1. The number of ether oxygens (including phenoxy) is 4. The average molecular weight is 526 g/mol. The molecule has 1 aliphatic rings. The molecular formula is C31H24ClNO5. The van der Waals surface area contributed by atoms with Crippen LogP contribution in [-0.2, 0) is 13.2 Å². The highest BCUT2D eigenvalue weighted by atomic mass is 35.5. The van der Waals surface area contributed by atoms with Gasteiger partial charge in [0.1, 0.15) is 37.2 Å². The smallest absolute Gasteiger partial charge is 0.161 e. The molecule has 190 valence electrons. The summed E-state index contributed by atoms with van der Waals surface area (Å²) in [5, 5.41) is 9.34. The van der Waals surface area contributed by atoms with Crippen molar-refractivity contribution in [2.75, 3.05) is 13.2 Å². The number of nitrogens with zero attached hydrogens (tertiary/aromatic N) is 1. The maximum absolute atomic E-state index is 11.6. The first-order valence-corrected chi connectivity index (χ1v) is 12.5. The standard InChI is InChI=1S/C31H24ClNO5/c1-20-25(6-3-7-26(20)23-8-10-27-29(15-23)36-13-12-35-27)19-37-28-11-9-24(17-34)31(30(28)32)38-18-22-5-2-4-21(14-22)16-33/h2-11,14-15,17H,12-13,18-19H2,1H3. The molecule has 0 N–H and O–H groups in total. The number of halogens is 1. The largest absolute Gasteiger partial charge is 0.487 e. The van der Waals surface area contributed by atoms with Crippen LogP contribution in [0, 0.1) is 18.3 Å². The molecule has 0 saturated carbocycles. The average Bonchev–Trinajstić information content (AvgIpc) is 2.96. The summed E-state index contributed by atoms with van der Waals surface area (Å²) in [6.45, 7) is 3.55. The van der Waals surface area contributed by atoms with Gasteiger partial charge in [0.15, 0.2) is 23.5 Å². The van der Waals surface area contributed by atoms with Gasteiger partial charge >= 0.3 is 0 Å². The zero-order valence-corrected chi connectivity index (χ0v) is 21.5. The van der Waals surface area contributed by atoms with Crippen molar-refractivity contribution < 1.29 is 23.7 Å². The third-order valence-electron chi connectivity index (χ3n) is 6.34. The molecule has 1 heterocycles. The lowest BCUT2D eigenvalue weighted by Gasteiger charge is -2.20. The normalized spacial score (nSPS) is 11.9. The second-order valence-corrected chi connectivity index (χ2v) is 9.13. The monoisotopic (exact) mass is 525 g/mol. The fourth-order valence-corrected chi connectivity index (χ4v) is 4.59. The van der Waals surface area contributed by atoms with E-state index < -0.39 is 0 Å². The van der Waals surface area contributed by atoms with Crippen LogP contribution < -0.4 is 18.9 Å². The number of carbonyl (C=O) groups excluding carboxylic acids is 1. The van der Waals surface area contributed by atoms with E-state index in [1.165, 1.54) is 0 Å². The van der Waals surface area contributed by atoms with E-state index in [1.807, 2.05) is 43.3 Å². The first-order chi connectivity index (χ1) is 18.6. The van der Waals surface area contributed by atoms with Gasteiger partial charge < -0.3 is 18.9 Å². The minimum Gasteiger partial charge on any atom is -0.487 e. The Morgan fingerprint density at radius 3 is 2.58 bits per heavy atom. The second-order valence-electron chi connectivity index (χ2n) is 8.75. The molecule has 5 rings (SSSR count). The summed E-state index contributed by atoms with van der Waals surface area (Å²) >= 11 is 6.63. The van der Waals surface area contributed by atoms with E-state index in [0.717, 1.165) is 39.3 Å². The predicted molar refractivity (Wildman–Crippen MR) is 144 cm³/mol. The Bertz CT molecular complexity index is 1540. The van der Waals surface area contributed by atoms with E-state index in [-0.39, 0.29) is 24.0 Å². The Kier molecular flexibility index (Phi) is 7.48. The van der Waals surface area contributed by atoms with Crippen LogP contribution in [0.4, 0.5) is 0 Å². The van der Waals surface area contributed by atoms with E-state index in [1.54, 1.807) is 30.3 Å². The number of hydrogen-bond acceptors (Lipinski definition) is 6. The fraction of sp³-hybridized carbons (Fsp3) is 0.161. The predicted octanol–water partition coefficient (Wildman–Crippen LogP) is 6.93. The number of rotatable bonds is 8. The van der Waals surface area contributed by atoms with Gasteiger partial charge in [0.05, 0.1) is 17.2 Å². The number of carbonyl (C=O) groups is 1. The van der Waals surface area contributed by atoms with E-state index in [4.69, 9.17) is 35.8 Å². The van der Waals surface area contributed by atoms with Crippen molar-refractivity contribution in [1.82, 2.24) is 0 Å². The lowest BCUT2D eigenvalue weighted by molar-refractivity contribution is 0.111. The zero-order valence-electron chi connectivity index (χ0n) is 20.7. The molecule has 0 aromatic heterocycles. The summed E-state index contributed by atoms with van der Waals surface area (Å²) in [7, 11) is 0. The molecule has 0 aliphatic carbocycles. The summed E-state index contributed by atoms with van der Waals surface area (Å²) in [6, 6.07) is 24.4. The highest BCUT2D eigenvalue weighted by Crippen LogP contribution is 2.39. The fourth-order valence-electron chi connectivity index (χ4n) is 4.31. The molecule has 6 nitrogen and oxygen atoms in total. The van der Waals surface area contributed by atoms with Gasteiger partial charge in [-0.3, -0.25) is 4.79 Å². The van der Waals surface area contributed by atoms with Crippen molar-refractivity contribution >= 4 is 17.9 Å². The molecule has 0 amide bonds. The molecule has 0 spiro atoms. The summed E-state index contributed by atoms with van der Waals surface area (Å²) in [4.78, 5) is 11.6. The Morgan fingerprint density at radius 2 is 1.76 bits per heavy atom. The number of hydrogen-bond donors (Lipinski definition) is 0. The lowest BCUT2D eigenvalue weighted by atomic mass is 9.96. The van der Waals surface area contributed by atoms with Gasteiger partial charge in [0, 0.05) is 0 Å². The van der Waals surface area contributed by atoms with Gasteiger partial charge in [-0.2, -0.15) is 5.26 Å². The van der Waals surface area contributed by atoms with E-state index in [9.17, 15) is 4.79 Å². The second kappa shape index (κ2) is 11.3. The van der Waals surface area contributed by atoms with Crippen LogP contribution in [-0.4, -0.2) is 19.5 Å². The van der Waals surface area contributed by atoms with Crippen LogP contribution in [0.2, 0.25) is 5.02 Å². The Hall–Kier alpha value is -4.47. The number of aldehydes is 1. The summed E-state index contributed by atoms with van der Waals surface area (Å²) in [6.07, 6.45) is 0.692. The maximum atomic E-state index is 11.6. The van der Waals surface area contributed by atoms with E-state index in [0.29, 0.717) is 36.4 Å². The summed E-state index contributed by atoms with van der Waals surface area (Å²) < 4.78 is 23.4. The highest BCUT2D eigenvalue weighted by molar-refractivity contribution is 6.34. The third-order valence-corrected chi connectivity index (χ3v) is 6.70. The number of fused-ring (bicyclic) bond motifs is 1. The number of benzene rings is 4. The maximum Gasteiger partial charge on any atom is 0.161 e. The lowest BCUT2D eigenvalue weighted by Crippen LogP contribution is -2.15. The van der Waals surface area contributed by atoms with Crippen LogP contribution in [0.25, 0.3) is 11.1 Å². The van der Waals surface area contributed by atoms with Crippen LogP contribution in [0.1, 0.15) is 32.6 Å². The zero-order chi connectivity index (χ0) is 26.5. The van der Waals surface area contributed by atoms with Gasteiger partial charge in [-0.15, -0.1) is 0 Å². The van der Waals surface area contributed by atoms with Gasteiger partial charge in [-0.25, -0.2) is 0 Å². The van der Waals surface area contributed by atoms with Crippen molar-refractivity contribution in [2.24, 2.45) is 0 Å². The first kappa shape index (κ1) is 25.2. The minimum atomic E-state index is 0.149. The molecule has 1 aliphatic heterocycles. The summed E-state index contributed by atoms with van der Waals surface area (Å²) in [5.41, 5.74) is 5.78. The Labute approximate surface area is 225 Å². The molecule has 38 heavy (non-hydrogen) atoms. The van der Waals surface area contributed by atoms with Gasteiger partial charge in [-0.05, 0) is 71.1 Å². The van der Waals surface area contributed by atoms with Crippen molar-refractivity contribution in [3.05, 3.63) is 106 Å². The molecule has 0 radical (unpaired) electrons. The van der Waals surface area contributed by atoms with Crippen molar-refractivity contribution in [1.29, 1.82) is 5.26 Å². The van der Waals surface area contributed by atoms with Crippen LogP contribution in [0.15, 0.2) is 72.8 Å². The molecule has 0 bridgehead atoms. The SMILES string of the molecule is Cc1c(COc2ccc(C=O)c(OCc3cccc(C#N)c3)c2Cl)cccc1-c1ccc2c(c1)OCCO2. The van der Waals surface area contributed by atoms with Crippen LogP contribution in [0.3, 0.4) is 0 Å². The molecule has 7 heteroatoms. The molecule has 0 fully saturated rings. The third kappa shape index (κ3) is 5.29. The molecule has 0 saturated heterocycles.